The summed E-state index contributed by atoms with van der Waals surface area (Å²) >= 11 is 0. The van der Waals surface area contributed by atoms with Gasteiger partial charge in [0.25, 0.3) is 5.91 Å². The monoisotopic (exact) mass is 476 g/mol. The first-order valence-electron chi connectivity index (χ1n) is 11.0. The van der Waals surface area contributed by atoms with Crippen molar-refractivity contribution in [2.75, 3.05) is 19.5 Å². The normalized spacial score (nSPS) is 10.3. The third-order valence-electron chi connectivity index (χ3n) is 5.19. The summed E-state index contributed by atoms with van der Waals surface area (Å²) in [7, 11) is 3.15. The Balaban J connectivity index is 1.58. The Bertz CT molecular complexity index is 1210. The first-order valence-corrected chi connectivity index (χ1v) is 11.0. The molecular weight excluding hydrogens is 448 g/mol. The maximum atomic E-state index is 12.7. The molecule has 0 fully saturated rings. The maximum absolute atomic E-state index is 12.7. The smallest absolute Gasteiger partial charge is 0.308 e. The third kappa shape index (κ3) is 7.33. The Labute approximate surface area is 204 Å². The van der Waals surface area contributed by atoms with Gasteiger partial charge in [0.1, 0.15) is 5.75 Å². The van der Waals surface area contributed by atoms with Gasteiger partial charge in [-0.05, 0) is 53.9 Å². The number of hydrogen-bond acceptors (Lipinski definition) is 6. The molecule has 0 aliphatic rings. The molecule has 0 saturated carbocycles. The molecule has 0 heterocycles. The molecule has 0 aliphatic heterocycles. The summed E-state index contributed by atoms with van der Waals surface area (Å²) in [5.74, 6) is 0.613. The largest absolute Gasteiger partial charge is 0.493 e. The van der Waals surface area contributed by atoms with Gasteiger partial charge in [0, 0.05) is 31.1 Å². The van der Waals surface area contributed by atoms with Crippen molar-refractivity contribution < 1.29 is 28.6 Å². The predicted octanol–water partition coefficient (Wildman–Crippen LogP) is 4.13. The van der Waals surface area contributed by atoms with Crippen molar-refractivity contribution in [3.63, 3.8) is 0 Å². The Kier molecular flexibility index (Phi) is 8.83. The number of methoxy groups -OCH3 is 2. The van der Waals surface area contributed by atoms with E-state index in [0.717, 1.165) is 11.1 Å². The number of para-hydroxylation sites is 1. The van der Waals surface area contributed by atoms with Gasteiger partial charge in [-0.25, -0.2) is 0 Å². The first kappa shape index (κ1) is 25.3. The summed E-state index contributed by atoms with van der Waals surface area (Å²) in [4.78, 5) is 36.4. The van der Waals surface area contributed by atoms with E-state index in [1.807, 2.05) is 30.3 Å². The minimum atomic E-state index is -0.463. The van der Waals surface area contributed by atoms with Gasteiger partial charge in [-0.15, -0.1) is 0 Å². The van der Waals surface area contributed by atoms with Crippen LogP contribution in [0.4, 0.5) is 5.69 Å². The molecule has 0 radical (unpaired) electrons. The topological polar surface area (TPSA) is 103 Å². The second-order valence-electron chi connectivity index (χ2n) is 7.70. The number of benzene rings is 3. The zero-order valence-electron chi connectivity index (χ0n) is 19.9. The summed E-state index contributed by atoms with van der Waals surface area (Å²) < 4.78 is 15.6. The van der Waals surface area contributed by atoms with E-state index in [-0.39, 0.29) is 18.4 Å². The van der Waals surface area contributed by atoms with Crippen LogP contribution in [0, 0.1) is 0 Å². The van der Waals surface area contributed by atoms with Gasteiger partial charge in [-0.2, -0.15) is 0 Å². The number of amides is 2. The lowest BCUT2D eigenvalue weighted by Crippen LogP contribution is -2.24. The van der Waals surface area contributed by atoms with Crippen LogP contribution in [0.1, 0.15) is 34.8 Å². The number of ether oxygens (including phenoxy) is 3. The van der Waals surface area contributed by atoms with Crippen LogP contribution in [0.15, 0.2) is 66.7 Å². The van der Waals surface area contributed by atoms with Crippen molar-refractivity contribution in [2.24, 2.45) is 0 Å². The highest BCUT2D eigenvalue weighted by molar-refractivity contribution is 6.05. The van der Waals surface area contributed by atoms with E-state index in [2.05, 4.69) is 10.6 Å². The van der Waals surface area contributed by atoms with Crippen LogP contribution in [0.5, 0.6) is 17.2 Å². The van der Waals surface area contributed by atoms with E-state index in [0.29, 0.717) is 41.3 Å². The molecule has 8 heteroatoms. The lowest BCUT2D eigenvalue weighted by molar-refractivity contribution is -0.131. The van der Waals surface area contributed by atoms with Gasteiger partial charge in [0.2, 0.25) is 5.91 Å². The fourth-order valence-electron chi connectivity index (χ4n) is 3.43. The second kappa shape index (κ2) is 12.2. The van der Waals surface area contributed by atoms with E-state index in [9.17, 15) is 14.4 Å². The Hall–Kier alpha value is -4.33. The van der Waals surface area contributed by atoms with Crippen LogP contribution in [0.3, 0.4) is 0 Å². The van der Waals surface area contributed by atoms with E-state index in [1.54, 1.807) is 44.6 Å². The number of carbonyl (C=O) groups is 3. The minimum Gasteiger partial charge on any atom is -0.493 e. The quantitative estimate of drug-likeness (QED) is 0.337. The number of rotatable bonds is 10. The number of esters is 1. The van der Waals surface area contributed by atoms with E-state index < -0.39 is 5.97 Å². The molecule has 2 amide bonds. The van der Waals surface area contributed by atoms with Crippen molar-refractivity contribution in [2.45, 2.75) is 26.3 Å². The van der Waals surface area contributed by atoms with Crippen LogP contribution >= 0.6 is 0 Å². The number of anilines is 1. The van der Waals surface area contributed by atoms with Crippen molar-refractivity contribution >= 4 is 23.5 Å². The van der Waals surface area contributed by atoms with Crippen LogP contribution < -0.4 is 24.8 Å². The Morgan fingerprint density at radius 1 is 0.857 bits per heavy atom. The maximum Gasteiger partial charge on any atom is 0.308 e. The van der Waals surface area contributed by atoms with Gasteiger partial charge < -0.3 is 24.8 Å². The highest BCUT2D eigenvalue weighted by atomic mass is 16.5. The van der Waals surface area contributed by atoms with Crippen molar-refractivity contribution in [1.82, 2.24) is 5.32 Å². The summed E-state index contributed by atoms with van der Waals surface area (Å²) in [6.07, 6.45) is 0.843. The van der Waals surface area contributed by atoms with Crippen molar-refractivity contribution in [3.05, 3.63) is 83.4 Å². The Morgan fingerprint density at radius 2 is 1.63 bits per heavy atom. The lowest BCUT2D eigenvalue weighted by Gasteiger charge is -2.13. The molecule has 3 rings (SSSR count). The average molecular weight is 477 g/mol. The SMILES string of the molecule is COc1ccc(CCC(=O)NCc2ccccc2NC(=O)c2cccc(OC(C)=O)c2)cc1OC. The molecular formula is C27H28N2O6. The van der Waals surface area contributed by atoms with E-state index in [4.69, 9.17) is 14.2 Å². The molecule has 182 valence electrons. The van der Waals surface area contributed by atoms with Gasteiger partial charge in [0.05, 0.1) is 14.2 Å². The fraction of sp³-hybridized carbons (Fsp3) is 0.222. The van der Waals surface area contributed by atoms with E-state index in [1.165, 1.54) is 13.0 Å². The lowest BCUT2D eigenvalue weighted by atomic mass is 10.1. The highest BCUT2D eigenvalue weighted by Gasteiger charge is 2.12. The fourth-order valence-corrected chi connectivity index (χ4v) is 3.43. The number of aryl methyl sites for hydroxylation is 1. The van der Waals surface area contributed by atoms with Gasteiger partial charge in [-0.3, -0.25) is 14.4 Å². The summed E-state index contributed by atoms with van der Waals surface area (Å²) in [5, 5.41) is 5.76. The second-order valence-corrected chi connectivity index (χ2v) is 7.70. The molecule has 2 N–H and O–H groups in total. The van der Waals surface area contributed by atoms with Crippen LogP contribution in [-0.4, -0.2) is 32.0 Å². The highest BCUT2D eigenvalue weighted by Crippen LogP contribution is 2.28. The molecule has 3 aromatic carbocycles. The molecule has 0 spiro atoms. The molecule has 0 saturated heterocycles. The van der Waals surface area contributed by atoms with Crippen LogP contribution in [0.2, 0.25) is 0 Å². The van der Waals surface area contributed by atoms with Gasteiger partial charge in [-0.1, -0.05) is 30.3 Å². The zero-order chi connectivity index (χ0) is 25.2. The summed E-state index contributed by atoms with van der Waals surface area (Å²) in [6.45, 7) is 1.56. The summed E-state index contributed by atoms with van der Waals surface area (Å²) in [5.41, 5.74) is 2.64. The van der Waals surface area contributed by atoms with Gasteiger partial charge >= 0.3 is 5.97 Å². The first-order chi connectivity index (χ1) is 16.9. The minimum absolute atomic E-state index is 0.116. The average Bonchev–Trinajstić information content (AvgIpc) is 2.86. The van der Waals surface area contributed by atoms with E-state index >= 15 is 0 Å². The predicted molar refractivity (Wildman–Crippen MR) is 132 cm³/mol. The number of nitrogens with one attached hydrogen (secondary N) is 2. The zero-order valence-corrected chi connectivity index (χ0v) is 19.9. The number of carbonyl (C=O) groups excluding carboxylic acids is 3. The van der Waals surface area contributed by atoms with Crippen LogP contribution in [0.25, 0.3) is 0 Å². The third-order valence-corrected chi connectivity index (χ3v) is 5.19. The molecule has 0 atom stereocenters. The molecule has 3 aromatic rings. The molecule has 0 aliphatic carbocycles. The molecule has 0 aromatic heterocycles. The summed E-state index contributed by atoms with van der Waals surface area (Å²) in [6, 6.07) is 19.2. The molecule has 0 unspecified atom stereocenters. The molecule has 8 nitrogen and oxygen atoms in total. The molecule has 35 heavy (non-hydrogen) atoms. The Morgan fingerprint density at radius 3 is 2.37 bits per heavy atom. The standard InChI is InChI=1S/C27H28N2O6/c1-18(30)35-22-9-6-8-20(16-22)27(32)29-23-10-5-4-7-21(23)17-28-26(31)14-12-19-11-13-24(33-2)25(15-19)34-3/h4-11,13,15-16H,12,14,17H2,1-3H3,(H,28,31)(H,29,32). The van der Waals surface area contributed by atoms with Crippen molar-refractivity contribution in [3.8, 4) is 17.2 Å². The van der Waals surface area contributed by atoms with Gasteiger partial charge in [0.15, 0.2) is 11.5 Å². The molecule has 0 bridgehead atoms. The van der Waals surface area contributed by atoms with Crippen LogP contribution in [-0.2, 0) is 22.6 Å². The number of hydrogen-bond donors (Lipinski definition) is 2. The van der Waals surface area contributed by atoms with Crippen molar-refractivity contribution in [1.29, 1.82) is 0 Å².